The van der Waals surface area contributed by atoms with Crippen LogP contribution in [0.25, 0.3) is 0 Å². The number of nitrogens with zero attached hydrogens (tertiary/aromatic N) is 1. The molecule has 0 aliphatic heterocycles. The molecule has 0 radical (unpaired) electrons. The molecule has 0 aliphatic carbocycles. The number of aryl methyl sites for hydroxylation is 2. The Hall–Kier alpha value is -1.55. The summed E-state index contributed by atoms with van der Waals surface area (Å²) >= 11 is 6.09. The second kappa shape index (κ2) is 8.67. The number of carbonyl (C=O) groups is 1. The third-order valence-electron chi connectivity index (χ3n) is 3.04. The zero-order valence-corrected chi connectivity index (χ0v) is 13.9. The van der Waals surface area contributed by atoms with Crippen LogP contribution < -0.4 is 10.2 Å². The maximum absolute atomic E-state index is 11.7. The molecule has 0 saturated carbocycles. The van der Waals surface area contributed by atoms with Crippen molar-refractivity contribution >= 4 is 23.2 Å². The highest BCUT2D eigenvalue weighted by atomic mass is 35.5. The first-order valence-electron chi connectivity index (χ1n) is 7.15. The average Bonchev–Trinajstić information content (AvgIpc) is 2.46. The zero-order valence-electron chi connectivity index (χ0n) is 13.1. The van der Waals surface area contributed by atoms with Crippen LogP contribution in [0.4, 0.5) is 0 Å². The molecule has 116 valence electrons. The van der Waals surface area contributed by atoms with Gasteiger partial charge in [0.15, 0.2) is 6.61 Å². The first-order chi connectivity index (χ1) is 9.93. The Morgan fingerprint density at radius 1 is 1.33 bits per heavy atom. The van der Waals surface area contributed by atoms with Crippen LogP contribution in [0.3, 0.4) is 0 Å². The molecule has 0 saturated heterocycles. The minimum Gasteiger partial charge on any atom is -0.484 e. The lowest BCUT2D eigenvalue weighted by molar-refractivity contribution is -0.123. The molecule has 1 N–H and O–H groups in total. The smallest absolute Gasteiger partial charge is 0.277 e. The van der Waals surface area contributed by atoms with Gasteiger partial charge in [-0.25, -0.2) is 5.43 Å². The number of hydrogen-bond acceptors (Lipinski definition) is 3. The van der Waals surface area contributed by atoms with Gasteiger partial charge in [0, 0.05) is 10.7 Å². The molecule has 4 nitrogen and oxygen atoms in total. The number of halogens is 1. The molecule has 1 rings (SSSR count). The fraction of sp³-hybridized carbons (Fsp3) is 0.500. The normalized spacial score (nSPS) is 11.4. The zero-order chi connectivity index (χ0) is 15.8. The highest BCUT2D eigenvalue weighted by molar-refractivity contribution is 6.32. The second-order valence-electron chi connectivity index (χ2n) is 5.15. The van der Waals surface area contributed by atoms with E-state index in [4.69, 9.17) is 16.3 Å². The van der Waals surface area contributed by atoms with E-state index >= 15 is 0 Å². The summed E-state index contributed by atoms with van der Waals surface area (Å²) in [6, 6.07) is 3.64. The van der Waals surface area contributed by atoms with Gasteiger partial charge in [-0.1, -0.05) is 24.9 Å². The van der Waals surface area contributed by atoms with Crippen molar-refractivity contribution in [1.29, 1.82) is 0 Å². The average molecular weight is 311 g/mol. The molecule has 5 heteroatoms. The summed E-state index contributed by atoms with van der Waals surface area (Å²) in [6.45, 7) is 7.77. The third kappa shape index (κ3) is 6.17. The van der Waals surface area contributed by atoms with Crippen LogP contribution in [-0.2, 0) is 4.79 Å². The number of carbonyl (C=O) groups excluding carboxylic acids is 1. The van der Waals surface area contributed by atoms with Gasteiger partial charge in [-0.3, -0.25) is 4.79 Å². The summed E-state index contributed by atoms with van der Waals surface area (Å²) in [7, 11) is 0. The number of rotatable bonds is 7. The van der Waals surface area contributed by atoms with Crippen LogP contribution >= 0.6 is 11.6 Å². The Bertz CT molecular complexity index is 504. The van der Waals surface area contributed by atoms with Crippen molar-refractivity contribution in [1.82, 2.24) is 5.43 Å². The molecule has 1 aromatic rings. The molecule has 1 aromatic carbocycles. The Morgan fingerprint density at radius 2 is 1.95 bits per heavy atom. The lowest BCUT2D eigenvalue weighted by Crippen LogP contribution is -2.25. The van der Waals surface area contributed by atoms with E-state index in [9.17, 15) is 4.79 Å². The van der Waals surface area contributed by atoms with Crippen LogP contribution in [0.5, 0.6) is 5.75 Å². The van der Waals surface area contributed by atoms with Gasteiger partial charge < -0.3 is 4.74 Å². The molecule has 21 heavy (non-hydrogen) atoms. The second-order valence-corrected chi connectivity index (χ2v) is 5.52. The number of amides is 1. The van der Waals surface area contributed by atoms with Gasteiger partial charge in [0.2, 0.25) is 0 Å². The predicted octanol–water partition coefficient (Wildman–Crippen LogP) is 4.02. The Labute approximate surface area is 131 Å². The van der Waals surface area contributed by atoms with Crippen molar-refractivity contribution in [3.8, 4) is 5.75 Å². The third-order valence-corrected chi connectivity index (χ3v) is 3.64. The van der Waals surface area contributed by atoms with Crippen LogP contribution in [0.15, 0.2) is 17.2 Å². The summed E-state index contributed by atoms with van der Waals surface area (Å²) < 4.78 is 5.46. The monoisotopic (exact) mass is 310 g/mol. The summed E-state index contributed by atoms with van der Waals surface area (Å²) in [4.78, 5) is 11.7. The lowest BCUT2D eigenvalue weighted by atomic mass is 10.1. The standard InChI is InChI=1S/C16H23ClN2O2/c1-5-6-7-13(4)18-19-15(20)10-21-14-8-11(2)16(17)12(3)9-14/h8-9H,5-7,10H2,1-4H3,(H,19,20)/b18-13+. The van der Waals surface area contributed by atoms with E-state index in [2.05, 4.69) is 17.5 Å². The molecule has 0 aromatic heterocycles. The Balaban J connectivity index is 2.46. The minimum atomic E-state index is -0.267. The van der Waals surface area contributed by atoms with E-state index < -0.39 is 0 Å². The summed E-state index contributed by atoms with van der Waals surface area (Å²) in [5.74, 6) is 0.368. The topological polar surface area (TPSA) is 50.7 Å². The summed E-state index contributed by atoms with van der Waals surface area (Å²) in [5.41, 5.74) is 5.28. The highest BCUT2D eigenvalue weighted by Crippen LogP contribution is 2.25. The number of benzene rings is 1. The fourth-order valence-corrected chi connectivity index (χ4v) is 1.93. The van der Waals surface area contributed by atoms with Gasteiger partial charge >= 0.3 is 0 Å². The molecule has 0 spiro atoms. The summed E-state index contributed by atoms with van der Waals surface area (Å²) in [6.07, 6.45) is 3.08. The van der Waals surface area contributed by atoms with Crippen LogP contribution in [0.2, 0.25) is 5.02 Å². The van der Waals surface area contributed by atoms with Gasteiger partial charge in [-0.2, -0.15) is 5.10 Å². The van der Waals surface area contributed by atoms with E-state index in [1.54, 1.807) is 0 Å². The molecule has 0 bridgehead atoms. The van der Waals surface area contributed by atoms with E-state index in [0.717, 1.165) is 41.1 Å². The molecule has 1 amide bonds. The highest BCUT2D eigenvalue weighted by Gasteiger charge is 2.06. The Morgan fingerprint density at radius 3 is 2.52 bits per heavy atom. The molecule has 0 heterocycles. The molecule has 0 fully saturated rings. The van der Waals surface area contributed by atoms with E-state index in [1.807, 2.05) is 32.9 Å². The van der Waals surface area contributed by atoms with Crippen LogP contribution in [-0.4, -0.2) is 18.2 Å². The first-order valence-corrected chi connectivity index (χ1v) is 7.53. The van der Waals surface area contributed by atoms with Gasteiger partial charge in [0.05, 0.1) is 0 Å². The van der Waals surface area contributed by atoms with Crippen molar-refractivity contribution in [3.63, 3.8) is 0 Å². The van der Waals surface area contributed by atoms with Crippen molar-refractivity contribution in [2.45, 2.75) is 47.0 Å². The van der Waals surface area contributed by atoms with Crippen molar-refractivity contribution < 1.29 is 9.53 Å². The van der Waals surface area contributed by atoms with Gasteiger partial charge in [-0.05, 0) is 56.9 Å². The van der Waals surface area contributed by atoms with Gasteiger partial charge in [-0.15, -0.1) is 0 Å². The van der Waals surface area contributed by atoms with Crippen LogP contribution in [0, 0.1) is 13.8 Å². The Kier molecular flexibility index (Phi) is 7.23. The quantitative estimate of drug-likeness (QED) is 0.611. The summed E-state index contributed by atoms with van der Waals surface area (Å²) in [5, 5.41) is 4.76. The predicted molar refractivity (Wildman–Crippen MR) is 87.2 cm³/mol. The first kappa shape index (κ1) is 17.5. The maximum Gasteiger partial charge on any atom is 0.277 e. The van der Waals surface area contributed by atoms with Gasteiger partial charge in [0.25, 0.3) is 5.91 Å². The molecule has 0 unspecified atom stereocenters. The lowest BCUT2D eigenvalue weighted by Gasteiger charge is -2.09. The van der Waals surface area contributed by atoms with Gasteiger partial charge in [0.1, 0.15) is 5.75 Å². The van der Waals surface area contributed by atoms with E-state index in [0.29, 0.717) is 5.75 Å². The van der Waals surface area contributed by atoms with E-state index in [-0.39, 0.29) is 12.5 Å². The number of ether oxygens (including phenoxy) is 1. The number of hydrogen-bond donors (Lipinski definition) is 1. The van der Waals surface area contributed by atoms with Crippen molar-refractivity contribution in [2.24, 2.45) is 5.10 Å². The van der Waals surface area contributed by atoms with Crippen molar-refractivity contribution in [3.05, 3.63) is 28.3 Å². The maximum atomic E-state index is 11.7. The van der Waals surface area contributed by atoms with E-state index in [1.165, 1.54) is 0 Å². The largest absolute Gasteiger partial charge is 0.484 e. The number of nitrogens with one attached hydrogen (secondary N) is 1. The van der Waals surface area contributed by atoms with Crippen molar-refractivity contribution in [2.75, 3.05) is 6.61 Å². The minimum absolute atomic E-state index is 0.0644. The number of hydrazone groups is 1. The molecule has 0 aliphatic rings. The molecular weight excluding hydrogens is 288 g/mol. The fourth-order valence-electron chi connectivity index (χ4n) is 1.82. The SMILES string of the molecule is CCCC/C(C)=N/NC(=O)COc1cc(C)c(Cl)c(C)c1. The molecular formula is C16H23ClN2O2. The number of unbranched alkanes of at least 4 members (excludes halogenated alkanes) is 1. The van der Waals surface area contributed by atoms with Crippen LogP contribution in [0.1, 0.15) is 44.2 Å². The molecule has 0 atom stereocenters.